The summed E-state index contributed by atoms with van der Waals surface area (Å²) in [5, 5.41) is 22.7. The molecule has 1 aliphatic heterocycles. The van der Waals surface area contributed by atoms with E-state index in [1.807, 2.05) is 24.3 Å². The summed E-state index contributed by atoms with van der Waals surface area (Å²) in [6, 6.07) is 7.62. The third-order valence-electron chi connectivity index (χ3n) is 4.99. The molecule has 0 aliphatic carbocycles. The van der Waals surface area contributed by atoms with Gasteiger partial charge in [-0.2, -0.15) is 10.4 Å². The minimum Gasteiger partial charge on any atom is -0.496 e. The van der Waals surface area contributed by atoms with E-state index >= 15 is 0 Å². The second-order valence-corrected chi connectivity index (χ2v) is 8.11. The van der Waals surface area contributed by atoms with Gasteiger partial charge in [-0.15, -0.1) is 0 Å². The number of ether oxygens (including phenoxy) is 2. The van der Waals surface area contributed by atoms with Crippen molar-refractivity contribution in [2.45, 2.75) is 12.8 Å². The largest absolute Gasteiger partial charge is 0.496 e. The van der Waals surface area contributed by atoms with Crippen molar-refractivity contribution in [1.29, 1.82) is 5.26 Å². The van der Waals surface area contributed by atoms with Crippen LogP contribution in [0, 0.1) is 17.2 Å². The first kappa shape index (κ1) is 21.1. The van der Waals surface area contributed by atoms with Crippen LogP contribution in [0.2, 0.25) is 0 Å². The number of aromatic nitrogens is 4. The molecule has 3 aromatic rings. The summed E-state index contributed by atoms with van der Waals surface area (Å²) < 4.78 is 12.7. The molecule has 1 fully saturated rings. The van der Waals surface area contributed by atoms with Gasteiger partial charge in [0, 0.05) is 23.0 Å². The molecule has 1 atom stereocenters. The van der Waals surface area contributed by atoms with Crippen molar-refractivity contribution in [2.24, 2.45) is 5.92 Å². The van der Waals surface area contributed by atoms with Crippen LogP contribution in [0.1, 0.15) is 18.5 Å². The Morgan fingerprint density at radius 3 is 2.81 bits per heavy atom. The molecule has 0 spiro atoms. The standard InChI is InChI=1S/C21H22BrN7O2/c1-30-17-5-14(22)6-18(31-12-13-3-2-4-24-9-13)21(17)16-7-19(29-28-16)27-20-11-25-15(8-23)10-26-20/h5-7,10-11,13,24H,2-4,9,12H2,1H3,(H2,26,27,28,29). The van der Waals surface area contributed by atoms with E-state index < -0.39 is 0 Å². The zero-order valence-corrected chi connectivity index (χ0v) is 18.6. The number of rotatable bonds is 7. The van der Waals surface area contributed by atoms with Gasteiger partial charge >= 0.3 is 0 Å². The van der Waals surface area contributed by atoms with Gasteiger partial charge in [0.2, 0.25) is 0 Å². The normalized spacial score (nSPS) is 15.8. The molecule has 160 valence electrons. The molecule has 2 aromatic heterocycles. The summed E-state index contributed by atoms with van der Waals surface area (Å²) in [5.74, 6) is 2.90. The average Bonchev–Trinajstić information content (AvgIpc) is 3.26. The SMILES string of the molecule is COc1cc(Br)cc(OCC2CCCNC2)c1-c1cc(Nc2cnc(C#N)cn2)n[nH]1. The number of nitriles is 1. The first-order valence-corrected chi connectivity index (χ1v) is 10.7. The minimum absolute atomic E-state index is 0.253. The summed E-state index contributed by atoms with van der Waals surface area (Å²) in [4.78, 5) is 8.16. The third-order valence-corrected chi connectivity index (χ3v) is 5.45. The summed E-state index contributed by atoms with van der Waals surface area (Å²) in [5.41, 5.74) is 1.79. The fraction of sp³-hybridized carbons (Fsp3) is 0.333. The fourth-order valence-corrected chi connectivity index (χ4v) is 3.88. The summed E-state index contributed by atoms with van der Waals surface area (Å²) in [6.45, 7) is 2.66. The van der Waals surface area contributed by atoms with E-state index in [1.54, 1.807) is 7.11 Å². The highest BCUT2D eigenvalue weighted by molar-refractivity contribution is 9.10. The van der Waals surface area contributed by atoms with Crippen LogP contribution in [-0.4, -0.2) is 47.0 Å². The third kappa shape index (κ3) is 5.13. The summed E-state index contributed by atoms with van der Waals surface area (Å²) >= 11 is 3.54. The predicted octanol–water partition coefficient (Wildman–Crippen LogP) is 3.63. The molecule has 0 bridgehead atoms. The van der Waals surface area contributed by atoms with Gasteiger partial charge in [0.15, 0.2) is 11.5 Å². The van der Waals surface area contributed by atoms with Crippen LogP contribution in [-0.2, 0) is 0 Å². The number of hydrogen-bond donors (Lipinski definition) is 3. The number of halogens is 1. The van der Waals surface area contributed by atoms with Crippen molar-refractivity contribution in [3.05, 3.63) is 40.8 Å². The molecule has 0 amide bonds. The van der Waals surface area contributed by atoms with Crippen LogP contribution >= 0.6 is 15.9 Å². The quantitative estimate of drug-likeness (QED) is 0.465. The number of nitrogens with zero attached hydrogens (tertiary/aromatic N) is 4. The molecule has 1 aliphatic rings. The topological polar surface area (TPSA) is 121 Å². The molecule has 3 heterocycles. The van der Waals surface area contributed by atoms with E-state index in [9.17, 15) is 0 Å². The van der Waals surface area contributed by atoms with Crippen molar-refractivity contribution in [3.63, 3.8) is 0 Å². The highest BCUT2D eigenvalue weighted by Gasteiger charge is 2.20. The van der Waals surface area contributed by atoms with Gasteiger partial charge in [0.25, 0.3) is 0 Å². The van der Waals surface area contributed by atoms with Gasteiger partial charge in [0.05, 0.1) is 37.4 Å². The lowest BCUT2D eigenvalue weighted by molar-refractivity contribution is 0.218. The first-order chi connectivity index (χ1) is 15.2. The van der Waals surface area contributed by atoms with Gasteiger partial charge in [-0.3, -0.25) is 5.10 Å². The Morgan fingerprint density at radius 2 is 2.10 bits per heavy atom. The number of piperidine rings is 1. The molecule has 1 aromatic carbocycles. The smallest absolute Gasteiger partial charge is 0.158 e. The molecular weight excluding hydrogens is 462 g/mol. The number of aromatic amines is 1. The Kier molecular flexibility index (Phi) is 6.64. The van der Waals surface area contributed by atoms with Gasteiger partial charge in [-0.05, 0) is 31.5 Å². The molecule has 1 saturated heterocycles. The van der Waals surface area contributed by atoms with Crippen molar-refractivity contribution in [3.8, 4) is 28.8 Å². The van der Waals surface area contributed by atoms with E-state index in [0.717, 1.165) is 41.7 Å². The number of benzene rings is 1. The first-order valence-electron chi connectivity index (χ1n) is 9.92. The van der Waals surface area contributed by atoms with Crippen LogP contribution in [0.3, 0.4) is 0 Å². The lowest BCUT2D eigenvalue weighted by Crippen LogP contribution is -2.33. The monoisotopic (exact) mass is 483 g/mol. The molecular formula is C21H22BrN7O2. The van der Waals surface area contributed by atoms with Crippen LogP contribution in [0.5, 0.6) is 11.5 Å². The number of methoxy groups -OCH3 is 1. The number of anilines is 2. The maximum absolute atomic E-state index is 8.85. The van der Waals surface area contributed by atoms with E-state index in [2.05, 4.69) is 46.7 Å². The second kappa shape index (κ2) is 9.76. The fourth-order valence-electron chi connectivity index (χ4n) is 3.47. The Labute approximate surface area is 188 Å². The Bertz CT molecular complexity index is 1070. The number of nitrogens with one attached hydrogen (secondary N) is 3. The molecule has 31 heavy (non-hydrogen) atoms. The van der Waals surface area contributed by atoms with Gasteiger partial charge in [0.1, 0.15) is 23.4 Å². The lowest BCUT2D eigenvalue weighted by Gasteiger charge is -2.23. The highest BCUT2D eigenvalue weighted by Crippen LogP contribution is 2.41. The van der Waals surface area contributed by atoms with Crippen LogP contribution in [0.4, 0.5) is 11.6 Å². The lowest BCUT2D eigenvalue weighted by atomic mass is 10.0. The number of H-pyrrole nitrogens is 1. The molecule has 10 heteroatoms. The number of hydrogen-bond acceptors (Lipinski definition) is 8. The molecule has 0 saturated carbocycles. The molecule has 0 radical (unpaired) electrons. The van der Waals surface area contributed by atoms with Crippen molar-refractivity contribution in [1.82, 2.24) is 25.5 Å². The van der Waals surface area contributed by atoms with Crippen molar-refractivity contribution < 1.29 is 9.47 Å². The molecule has 9 nitrogen and oxygen atoms in total. The van der Waals surface area contributed by atoms with Crippen molar-refractivity contribution in [2.75, 3.05) is 32.1 Å². The maximum Gasteiger partial charge on any atom is 0.158 e. The summed E-state index contributed by atoms with van der Waals surface area (Å²) in [6.07, 6.45) is 5.20. The van der Waals surface area contributed by atoms with E-state index in [1.165, 1.54) is 12.4 Å². The Hall–Kier alpha value is -3.16. The summed E-state index contributed by atoms with van der Waals surface area (Å²) in [7, 11) is 1.63. The Balaban J connectivity index is 1.58. The van der Waals surface area contributed by atoms with Gasteiger partial charge in [-0.1, -0.05) is 15.9 Å². The van der Waals surface area contributed by atoms with Crippen molar-refractivity contribution >= 4 is 27.6 Å². The molecule has 4 rings (SSSR count). The zero-order valence-electron chi connectivity index (χ0n) is 17.0. The van der Waals surface area contributed by atoms with Gasteiger partial charge < -0.3 is 20.1 Å². The van der Waals surface area contributed by atoms with Crippen LogP contribution < -0.4 is 20.1 Å². The van der Waals surface area contributed by atoms with E-state index in [-0.39, 0.29) is 5.69 Å². The van der Waals surface area contributed by atoms with Gasteiger partial charge in [-0.25, -0.2) is 9.97 Å². The maximum atomic E-state index is 8.85. The predicted molar refractivity (Wildman–Crippen MR) is 119 cm³/mol. The van der Waals surface area contributed by atoms with Crippen LogP contribution in [0.25, 0.3) is 11.3 Å². The zero-order chi connectivity index (χ0) is 21.6. The van der Waals surface area contributed by atoms with E-state index in [0.29, 0.717) is 35.7 Å². The second-order valence-electron chi connectivity index (χ2n) is 7.20. The Morgan fingerprint density at radius 1 is 1.23 bits per heavy atom. The van der Waals surface area contributed by atoms with E-state index in [4.69, 9.17) is 14.7 Å². The average molecular weight is 484 g/mol. The minimum atomic E-state index is 0.253. The molecule has 1 unspecified atom stereocenters. The highest BCUT2D eigenvalue weighted by atomic mass is 79.9. The molecule has 3 N–H and O–H groups in total. The van der Waals surface area contributed by atoms with Crippen LogP contribution in [0.15, 0.2) is 35.1 Å².